The van der Waals surface area contributed by atoms with Crippen molar-refractivity contribution < 1.29 is 9.47 Å². The molecule has 1 aliphatic heterocycles. The van der Waals surface area contributed by atoms with Crippen molar-refractivity contribution in [3.05, 3.63) is 53.0 Å². The predicted molar refractivity (Wildman–Crippen MR) is 119 cm³/mol. The minimum Gasteiger partial charge on any atom is -0.384 e. The second-order valence-corrected chi connectivity index (χ2v) is 8.29. The van der Waals surface area contributed by atoms with Crippen molar-refractivity contribution in [2.45, 2.75) is 25.9 Å². The molecule has 0 spiro atoms. The van der Waals surface area contributed by atoms with Gasteiger partial charge in [-0.05, 0) is 43.7 Å². The normalized spacial score (nSPS) is 15.9. The first-order chi connectivity index (χ1) is 14.6. The standard InChI is InChI=1S/C23H31N5O2/c1-15-25-22-19(7-8-24-23(22)26-15)21-10-18-9-16(5-6-20(18)27-21)11-28(2)12-17(13-29-3)14-30-4/h5-9,17,21,27H,10-14H2,1-4H3,(H,24,25,26). The second-order valence-electron chi connectivity index (χ2n) is 8.29. The van der Waals surface area contributed by atoms with Crippen molar-refractivity contribution in [1.29, 1.82) is 0 Å². The molecule has 1 aliphatic rings. The monoisotopic (exact) mass is 409 g/mol. The second kappa shape index (κ2) is 9.12. The molecular formula is C23H31N5O2. The van der Waals surface area contributed by atoms with Crippen LogP contribution in [0.2, 0.25) is 0 Å². The molecule has 2 N–H and O–H groups in total. The highest BCUT2D eigenvalue weighted by atomic mass is 16.5. The molecule has 1 unspecified atom stereocenters. The van der Waals surface area contributed by atoms with Gasteiger partial charge in [-0.2, -0.15) is 0 Å². The fourth-order valence-electron chi connectivity index (χ4n) is 4.47. The van der Waals surface area contributed by atoms with Crippen LogP contribution < -0.4 is 5.32 Å². The molecule has 0 saturated heterocycles. The van der Waals surface area contributed by atoms with Gasteiger partial charge in [0, 0.05) is 50.7 Å². The largest absolute Gasteiger partial charge is 0.384 e. The molecule has 0 saturated carbocycles. The highest BCUT2D eigenvalue weighted by Crippen LogP contribution is 2.36. The summed E-state index contributed by atoms with van der Waals surface area (Å²) in [5.41, 5.74) is 6.90. The van der Waals surface area contributed by atoms with Crippen LogP contribution in [0.4, 0.5) is 5.69 Å². The number of nitrogens with zero attached hydrogens (tertiary/aromatic N) is 3. The van der Waals surface area contributed by atoms with Crippen LogP contribution in [0.15, 0.2) is 30.5 Å². The third-order valence-electron chi connectivity index (χ3n) is 5.66. The Morgan fingerprint density at radius 1 is 1.20 bits per heavy atom. The van der Waals surface area contributed by atoms with Gasteiger partial charge in [-0.3, -0.25) is 0 Å². The molecule has 3 heterocycles. The van der Waals surface area contributed by atoms with E-state index in [2.05, 4.69) is 56.5 Å². The summed E-state index contributed by atoms with van der Waals surface area (Å²) in [6, 6.07) is 9.04. The third-order valence-corrected chi connectivity index (χ3v) is 5.66. The highest BCUT2D eigenvalue weighted by Gasteiger charge is 2.25. The Kier molecular flexibility index (Phi) is 6.32. The number of aromatic nitrogens is 3. The zero-order valence-corrected chi connectivity index (χ0v) is 18.2. The van der Waals surface area contributed by atoms with E-state index in [1.807, 2.05) is 13.1 Å². The molecule has 0 fully saturated rings. The molecule has 0 radical (unpaired) electrons. The van der Waals surface area contributed by atoms with Gasteiger partial charge in [0.25, 0.3) is 0 Å². The minimum absolute atomic E-state index is 0.217. The van der Waals surface area contributed by atoms with Crippen LogP contribution in [0.3, 0.4) is 0 Å². The molecule has 1 aromatic carbocycles. The molecule has 2 aromatic heterocycles. The minimum atomic E-state index is 0.217. The lowest BCUT2D eigenvalue weighted by atomic mass is 10.0. The molecule has 4 rings (SSSR count). The topological polar surface area (TPSA) is 75.3 Å². The molecule has 30 heavy (non-hydrogen) atoms. The first-order valence-corrected chi connectivity index (χ1v) is 10.4. The van der Waals surface area contributed by atoms with Crippen LogP contribution >= 0.6 is 0 Å². The predicted octanol–water partition coefficient (Wildman–Crippen LogP) is 3.32. The number of benzene rings is 1. The summed E-state index contributed by atoms with van der Waals surface area (Å²) in [5.74, 6) is 1.27. The number of aromatic amines is 1. The van der Waals surface area contributed by atoms with Crippen LogP contribution in [-0.2, 0) is 22.4 Å². The number of H-pyrrole nitrogens is 1. The van der Waals surface area contributed by atoms with Gasteiger partial charge in [0.1, 0.15) is 11.3 Å². The Balaban J connectivity index is 1.45. The Hall–Kier alpha value is -2.48. The van der Waals surface area contributed by atoms with Gasteiger partial charge in [-0.15, -0.1) is 0 Å². The van der Waals surface area contributed by atoms with Crippen LogP contribution in [0.25, 0.3) is 11.2 Å². The van der Waals surface area contributed by atoms with E-state index in [9.17, 15) is 0 Å². The SMILES string of the molecule is COCC(COC)CN(C)Cc1ccc2c(c1)CC(c1ccnc3[nH]c(C)nc13)N2. The summed E-state index contributed by atoms with van der Waals surface area (Å²) >= 11 is 0. The van der Waals surface area contributed by atoms with Gasteiger partial charge in [-0.25, -0.2) is 9.97 Å². The smallest absolute Gasteiger partial charge is 0.157 e. The number of aryl methyl sites for hydroxylation is 1. The summed E-state index contributed by atoms with van der Waals surface area (Å²) in [6.07, 6.45) is 2.81. The maximum atomic E-state index is 5.33. The number of methoxy groups -OCH3 is 2. The summed E-state index contributed by atoms with van der Waals surface area (Å²) < 4.78 is 10.7. The lowest BCUT2D eigenvalue weighted by molar-refractivity contribution is 0.0656. The summed E-state index contributed by atoms with van der Waals surface area (Å²) in [4.78, 5) is 14.6. The van der Waals surface area contributed by atoms with Crippen molar-refractivity contribution in [2.75, 3.05) is 46.3 Å². The number of anilines is 1. The lowest BCUT2D eigenvalue weighted by Gasteiger charge is -2.23. The molecule has 0 aliphatic carbocycles. The Labute approximate surface area is 177 Å². The number of pyridine rings is 1. The molecular weight excluding hydrogens is 378 g/mol. The van der Waals surface area contributed by atoms with Crippen LogP contribution in [0.1, 0.15) is 28.6 Å². The zero-order valence-electron chi connectivity index (χ0n) is 18.2. The maximum Gasteiger partial charge on any atom is 0.157 e. The van der Waals surface area contributed by atoms with Crippen molar-refractivity contribution in [3.8, 4) is 0 Å². The van der Waals surface area contributed by atoms with E-state index in [4.69, 9.17) is 9.47 Å². The number of hydrogen-bond donors (Lipinski definition) is 2. The average Bonchev–Trinajstić information content (AvgIpc) is 3.30. The van der Waals surface area contributed by atoms with Crippen LogP contribution in [0.5, 0.6) is 0 Å². The molecule has 0 bridgehead atoms. The molecule has 3 aromatic rings. The number of nitrogens with one attached hydrogen (secondary N) is 2. The van der Waals surface area contributed by atoms with E-state index < -0.39 is 0 Å². The van der Waals surface area contributed by atoms with Crippen LogP contribution in [-0.4, -0.2) is 60.9 Å². The van der Waals surface area contributed by atoms with Crippen molar-refractivity contribution in [2.24, 2.45) is 5.92 Å². The first-order valence-electron chi connectivity index (χ1n) is 10.4. The van der Waals surface area contributed by atoms with Gasteiger partial charge < -0.3 is 24.7 Å². The van der Waals surface area contributed by atoms with Gasteiger partial charge in [0.15, 0.2) is 5.65 Å². The van der Waals surface area contributed by atoms with Crippen molar-refractivity contribution >= 4 is 16.9 Å². The van der Waals surface area contributed by atoms with E-state index in [1.54, 1.807) is 14.2 Å². The van der Waals surface area contributed by atoms with E-state index in [0.717, 1.165) is 36.5 Å². The number of ether oxygens (including phenoxy) is 2. The van der Waals surface area contributed by atoms with Gasteiger partial charge >= 0.3 is 0 Å². The number of fused-ring (bicyclic) bond motifs is 2. The fourth-order valence-corrected chi connectivity index (χ4v) is 4.47. The quantitative estimate of drug-likeness (QED) is 0.565. The van der Waals surface area contributed by atoms with E-state index >= 15 is 0 Å². The molecule has 7 heteroatoms. The molecule has 160 valence electrons. The van der Waals surface area contributed by atoms with Crippen molar-refractivity contribution in [1.82, 2.24) is 19.9 Å². The molecule has 0 amide bonds. The Morgan fingerprint density at radius 2 is 2.00 bits per heavy atom. The highest BCUT2D eigenvalue weighted by molar-refractivity contribution is 5.77. The van der Waals surface area contributed by atoms with Crippen molar-refractivity contribution in [3.63, 3.8) is 0 Å². The number of hydrogen-bond acceptors (Lipinski definition) is 6. The lowest BCUT2D eigenvalue weighted by Crippen LogP contribution is -2.30. The first kappa shape index (κ1) is 20.8. The van der Waals surface area contributed by atoms with E-state index in [1.165, 1.54) is 22.4 Å². The number of imidazole rings is 1. The van der Waals surface area contributed by atoms with Gasteiger partial charge in [-0.1, -0.05) is 12.1 Å². The van der Waals surface area contributed by atoms with Gasteiger partial charge in [0.05, 0.1) is 19.3 Å². The molecule has 7 nitrogen and oxygen atoms in total. The van der Waals surface area contributed by atoms with E-state index in [0.29, 0.717) is 19.1 Å². The summed E-state index contributed by atoms with van der Waals surface area (Å²) in [6.45, 7) is 5.23. The van der Waals surface area contributed by atoms with Crippen LogP contribution in [0, 0.1) is 12.8 Å². The maximum absolute atomic E-state index is 5.33. The summed E-state index contributed by atoms with van der Waals surface area (Å²) in [7, 11) is 5.64. The zero-order chi connectivity index (χ0) is 21.1. The average molecular weight is 410 g/mol. The molecule has 1 atom stereocenters. The Bertz CT molecular complexity index is 996. The van der Waals surface area contributed by atoms with Gasteiger partial charge in [0.2, 0.25) is 0 Å². The van der Waals surface area contributed by atoms with E-state index in [-0.39, 0.29) is 6.04 Å². The fraction of sp³-hybridized carbons (Fsp3) is 0.478. The Morgan fingerprint density at radius 3 is 2.77 bits per heavy atom. The summed E-state index contributed by atoms with van der Waals surface area (Å²) in [5, 5.41) is 3.67. The third kappa shape index (κ3) is 4.48. The number of rotatable bonds is 9.